The van der Waals surface area contributed by atoms with E-state index in [1.165, 1.54) is 31.3 Å². The van der Waals surface area contributed by atoms with Gasteiger partial charge in [0.05, 0.1) is 7.11 Å². The second-order valence-electron chi connectivity index (χ2n) is 4.61. The lowest BCUT2D eigenvalue weighted by molar-refractivity contribution is 0.0594. The molecule has 2 rings (SSSR count). The monoisotopic (exact) mass is 254 g/mol. The van der Waals surface area contributed by atoms with E-state index in [0.29, 0.717) is 11.6 Å². The van der Waals surface area contributed by atoms with Crippen LogP contribution in [-0.4, -0.2) is 24.6 Å². The number of rotatable bonds is 5. The molecule has 1 heterocycles. The number of anilines is 1. The van der Waals surface area contributed by atoms with Crippen LogP contribution < -0.4 is 5.32 Å². The van der Waals surface area contributed by atoms with Gasteiger partial charge in [-0.3, -0.25) is 0 Å². The molecule has 17 heavy (non-hydrogen) atoms. The number of esters is 1. The lowest BCUT2D eigenvalue weighted by Gasteiger charge is -2.09. The first kappa shape index (κ1) is 12.4. The molecule has 1 aromatic rings. The first-order valence-corrected chi connectivity index (χ1v) is 6.73. The van der Waals surface area contributed by atoms with Crippen LogP contribution in [0.1, 0.15) is 35.1 Å². The summed E-state index contributed by atoms with van der Waals surface area (Å²) in [6.45, 7) is 5.07. The van der Waals surface area contributed by atoms with Crippen LogP contribution in [0.5, 0.6) is 0 Å². The Labute approximate surface area is 105 Å². The molecule has 1 aliphatic rings. The van der Waals surface area contributed by atoms with Crippen molar-refractivity contribution in [1.29, 1.82) is 0 Å². The van der Waals surface area contributed by atoms with Crippen molar-refractivity contribution in [1.82, 2.24) is 4.98 Å². The second kappa shape index (κ2) is 5.04. The smallest absolute Gasteiger partial charge is 0.357 e. The molecule has 1 N–H and O–H groups in total. The quantitative estimate of drug-likeness (QED) is 0.821. The van der Waals surface area contributed by atoms with Crippen LogP contribution in [0, 0.1) is 18.8 Å². The number of hydrogen-bond acceptors (Lipinski definition) is 5. The highest BCUT2D eigenvalue weighted by Crippen LogP contribution is 2.36. The molecule has 0 aliphatic heterocycles. The molecule has 94 valence electrons. The number of carbonyl (C=O) groups excluding carboxylic acids is 1. The molecule has 0 radical (unpaired) electrons. The first-order chi connectivity index (χ1) is 8.11. The molecule has 0 amide bonds. The molecule has 1 unspecified atom stereocenters. The van der Waals surface area contributed by atoms with Gasteiger partial charge < -0.3 is 10.1 Å². The van der Waals surface area contributed by atoms with Crippen LogP contribution in [0.4, 0.5) is 5.13 Å². The number of nitrogens with one attached hydrogen (secondary N) is 1. The minimum Gasteiger partial charge on any atom is -0.464 e. The van der Waals surface area contributed by atoms with E-state index in [-0.39, 0.29) is 5.97 Å². The molecule has 1 aliphatic carbocycles. The van der Waals surface area contributed by atoms with Gasteiger partial charge in [0.2, 0.25) is 0 Å². The maximum Gasteiger partial charge on any atom is 0.357 e. The standard InChI is InChI=1S/C12H18N2O2S/c1-7(9-4-5-9)6-13-12-14-10(8(2)17-12)11(15)16-3/h7,9H,4-6H2,1-3H3,(H,13,14). The minimum atomic E-state index is -0.359. The van der Waals surface area contributed by atoms with Crippen molar-refractivity contribution >= 4 is 22.4 Å². The lowest BCUT2D eigenvalue weighted by atomic mass is 10.1. The van der Waals surface area contributed by atoms with E-state index in [0.717, 1.165) is 22.5 Å². The molecule has 1 saturated carbocycles. The summed E-state index contributed by atoms with van der Waals surface area (Å²) in [5.41, 5.74) is 0.430. The summed E-state index contributed by atoms with van der Waals surface area (Å²) in [5.74, 6) is 1.20. The van der Waals surface area contributed by atoms with E-state index in [1.807, 2.05) is 6.92 Å². The Hall–Kier alpha value is -1.10. The maximum atomic E-state index is 11.4. The van der Waals surface area contributed by atoms with E-state index in [4.69, 9.17) is 0 Å². The zero-order chi connectivity index (χ0) is 12.4. The Bertz CT molecular complexity index is 413. The number of thiazole rings is 1. The van der Waals surface area contributed by atoms with Gasteiger partial charge in [-0.1, -0.05) is 6.92 Å². The van der Waals surface area contributed by atoms with Crippen molar-refractivity contribution in [2.75, 3.05) is 19.0 Å². The Kier molecular flexibility index (Phi) is 3.66. The SMILES string of the molecule is COC(=O)c1nc(NCC(C)C2CC2)sc1C. The van der Waals surface area contributed by atoms with E-state index in [9.17, 15) is 4.79 Å². The molecule has 1 atom stereocenters. The highest BCUT2D eigenvalue weighted by Gasteiger charge is 2.27. The van der Waals surface area contributed by atoms with Crippen LogP contribution in [0.25, 0.3) is 0 Å². The molecular weight excluding hydrogens is 236 g/mol. The van der Waals surface area contributed by atoms with Crippen molar-refractivity contribution < 1.29 is 9.53 Å². The van der Waals surface area contributed by atoms with Crippen molar-refractivity contribution in [2.45, 2.75) is 26.7 Å². The highest BCUT2D eigenvalue weighted by molar-refractivity contribution is 7.15. The van der Waals surface area contributed by atoms with E-state index in [1.54, 1.807) is 0 Å². The lowest BCUT2D eigenvalue weighted by Crippen LogP contribution is -2.13. The van der Waals surface area contributed by atoms with E-state index in [2.05, 4.69) is 22.0 Å². The predicted molar refractivity (Wildman–Crippen MR) is 68.6 cm³/mol. The highest BCUT2D eigenvalue weighted by atomic mass is 32.1. The molecular formula is C12H18N2O2S. The average molecular weight is 254 g/mol. The van der Waals surface area contributed by atoms with E-state index >= 15 is 0 Å². The minimum absolute atomic E-state index is 0.359. The molecule has 0 saturated heterocycles. The molecule has 5 heteroatoms. The zero-order valence-electron chi connectivity index (χ0n) is 10.4. The normalized spacial score (nSPS) is 16.6. The maximum absolute atomic E-state index is 11.4. The van der Waals surface area contributed by atoms with Gasteiger partial charge in [-0.2, -0.15) is 0 Å². The summed E-state index contributed by atoms with van der Waals surface area (Å²) in [5, 5.41) is 4.12. The Morgan fingerprint density at radius 2 is 2.35 bits per heavy atom. The molecule has 1 fully saturated rings. The van der Waals surface area contributed by atoms with Crippen molar-refractivity contribution in [3.05, 3.63) is 10.6 Å². The van der Waals surface area contributed by atoms with E-state index < -0.39 is 0 Å². The third-order valence-electron chi connectivity index (χ3n) is 3.18. The van der Waals surface area contributed by atoms with Gasteiger partial charge in [-0.05, 0) is 31.6 Å². The van der Waals surface area contributed by atoms with Crippen LogP contribution in [0.15, 0.2) is 0 Å². The predicted octanol–water partition coefficient (Wildman–Crippen LogP) is 2.70. The fourth-order valence-corrected chi connectivity index (χ4v) is 2.65. The molecule has 0 spiro atoms. The van der Waals surface area contributed by atoms with Crippen molar-refractivity contribution in [3.63, 3.8) is 0 Å². The summed E-state index contributed by atoms with van der Waals surface area (Å²) >= 11 is 1.51. The van der Waals surface area contributed by atoms with Crippen LogP contribution in [0.2, 0.25) is 0 Å². The number of hydrogen-bond donors (Lipinski definition) is 1. The topological polar surface area (TPSA) is 51.2 Å². The molecule has 0 bridgehead atoms. The van der Waals surface area contributed by atoms with Gasteiger partial charge in [0.1, 0.15) is 0 Å². The van der Waals surface area contributed by atoms with Gasteiger partial charge in [0, 0.05) is 11.4 Å². The molecule has 4 nitrogen and oxygen atoms in total. The van der Waals surface area contributed by atoms with Gasteiger partial charge in [-0.25, -0.2) is 9.78 Å². The summed E-state index contributed by atoms with van der Waals surface area (Å²) in [4.78, 5) is 16.6. The zero-order valence-corrected chi connectivity index (χ0v) is 11.3. The second-order valence-corrected chi connectivity index (χ2v) is 5.81. The summed E-state index contributed by atoms with van der Waals surface area (Å²) in [6.07, 6.45) is 2.71. The van der Waals surface area contributed by atoms with Crippen LogP contribution >= 0.6 is 11.3 Å². The third kappa shape index (κ3) is 2.97. The van der Waals surface area contributed by atoms with Gasteiger partial charge >= 0.3 is 5.97 Å². The van der Waals surface area contributed by atoms with Crippen molar-refractivity contribution in [3.8, 4) is 0 Å². The Balaban J connectivity index is 1.94. The van der Waals surface area contributed by atoms with Gasteiger partial charge in [-0.15, -0.1) is 11.3 Å². The number of aryl methyl sites for hydroxylation is 1. The summed E-state index contributed by atoms with van der Waals surface area (Å²) < 4.78 is 4.68. The largest absolute Gasteiger partial charge is 0.464 e. The Morgan fingerprint density at radius 3 is 2.94 bits per heavy atom. The number of aromatic nitrogens is 1. The van der Waals surface area contributed by atoms with Crippen LogP contribution in [-0.2, 0) is 4.74 Å². The summed E-state index contributed by atoms with van der Waals surface area (Å²) in [6, 6.07) is 0. The number of ether oxygens (including phenoxy) is 1. The van der Waals surface area contributed by atoms with Gasteiger partial charge in [0.25, 0.3) is 0 Å². The van der Waals surface area contributed by atoms with Crippen LogP contribution in [0.3, 0.4) is 0 Å². The van der Waals surface area contributed by atoms with Crippen molar-refractivity contribution in [2.24, 2.45) is 11.8 Å². The Morgan fingerprint density at radius 1 is 1.65 bits per heavy atom. The fraction of sp³-hybridized carbons (Fsp3) is 0.667. The molecule has 0 aromatic carbocycles. The molecule has 1 aromatic heterocycles. The number of carbonyl (C=O) groups is 1. The fourth-order valence-electron chi connectivity index (χ4n) is 1.84. The average Bonchev–Trinajstić information content (AvgIpc) is 3.09. The summed E-state index contributed by atoms with van der Waals surface area (Å²) in [7, 11) is 1.38. The third-order valence-corrected chi connectivity index (χ3v) is 4.11. The number of methoxy groups -OCH3 is 1. The first-order valence-electron chi connectivity index (χ1n) is 5.91. The van der Waals surface area contributed by atoms with Gasteiger partial charge in [0.15, 0.2) is 10.8 Å². The number of nitrogens with zero attached hydrogens (tertiary/aromatic N) is 1.